The van der Waals surface area contributed by atoms with Crippen molar-refractivity contribution in [2.24, 2.45) is 5.41 Å². The van der Waals surface area contributed by atoms with E-state index in [0.717, 1.165) is 13.0 Å². The lowest BCUT2D eigenvalue weighted by molar-refractivity contribution is 0.170. The van der Waals surface area contributed by atoms with Gasteiger partial charge in [0, 0.05) is 25.1 Å². The number of aromatic nitrogens is 3. The minimum Gasteiger partial charge on any atom is -0.464 e. The minimum atomic E-state index is -0.241. The zero-order valence-electron chi connectivity index (χ0n) is 12.7. The molecule has 20 heavy (non-hydrogen) atoms. The molecular weight excluding hydrogens is 258 g/mol. The zero-order valence-corrected chi connectivity index (χ0v) is 12.7. The Morgan fingerprint density at radius 1 is 1.10 bits per heavy atom. The van der Waals surface area contributed by atoms with Crippen LogP contribution >= 0.6 is 0 Å². The van der Waals surface area contributed by atoms with Crippen molar-refractivity contribution in [2.75, 3.05) is 36.9 Å². The molecule has 0 saturated heterocycles. The van der Waals surface area contributed by atoms with Crippen molar-refractivity contribution in [1.82, 2.24) is 15.0 Å². The van der Waals surface area contributed by atoms with Crippen LogP contribution in [-0.2, 0) is 0 Å². The maximum atomic E-state index is 9.25. The third kappa shape index (κ3) is 5.56. The fraction of sp³-hybridized carbons (Fsp3) is 0.769. The lowest BCUT2D eigenvalue weighted by Crippen LogP contribution is -2.27. The van der Waals surface area contributed by atoms with Gasteiger partial charge in [-0.25, -0.2) is 0 Å². The molecule has 0 atom stereocenters. The molecule has 3 N–H and O–H groups in total. The molecule has 0 fully saturated rings. The molecule has 0 amide bonds. The Labute approximate surface area is 120 Å². The summed E-state index contributed by atoms with van der Waals surface area (Å²) in [5.74, 6) is 0.943. The van der Waals surface area contributed by atoms with Crippen LogP contribution in [0.3, 0.4) is 0 Å². The summed E-state index contributed by atoms with van der Waals surface area (Å²) in [4.78, 5) is 12.7. The lowest BCUT2D eigenvalue weighted by atomic mass is 9.95. The number of hydrogen-bond acceptors (Lipinski definition) is 7. The van der Waals surface area contributed by atoms with Gasteiger partial charge in [-0.3, -0.25) is 0 Å². The molecule has 0 bridgehead atoms. The second-order valence-electron chi connectivity index (χ2n) is 5.30. The van der Waals surface area contributed by atoms with Gasteiger partial charge >= 0.3 is 6.01 Å². The van der Waals surface area contributed by atoms with Gasteiger partial charge in [-0.15, -0.1) is 0 Å². The molecule has 0 saturated carbocycles. The van der Waals surface area contributed by atoms with Crippen molar-refractivity contribution < 1.29 is 9.84 Å². The van der Waals surface area contributed by atoms with Crippen LogP contribution in [0.4, 0.5) is 11.9 Å². The summed E-state index contributed by atoms with van der Waals surface area (Å²) in [7, 11) is 0. The van der Waals surface area contributed by atoms with Gasteiger partial charge in [0.1, 0.15) is 0 Å². The molecule has 114 valence electrons. The van der Waals surface area contributed by atoms with E-state index in [-0.39, 0.29) is 12.0 Å². The van der Waals surface area contributed by atoms with Gasteiger partial charge in [-0.2, -0.15) is 15.0 Å². The first-order valence-corrected chi connectivity index (χ1v) is 6.98. The highest BCUT2D eigenvalue weighted by Crippen LogP contribution is 2.16. The summed E-state index contributed by atoms with van der Waals surface area (Å²) in [5, 5.41) is 15.5. The monoisotopic (exact) mass is 283 g/mol. The Kier molecular flexibility index (Phi) is 6.44. The van der Waals surface area contributed by atoms with Crippen LogP contribution in [0.15, 0.2) is 0 Å². The van der Waals surface area contributed by atoms with Crippen LogP contribution in [0.1, 0.15) is 34.1 Å². The average Bonchev–Trinajstić information content (AvgIpc) is 2.43. The standard InChI is InChI=1S/C13H25N5O2/c1-5-7-14-10-16-11(15-8-13(3,4)9-19)18-12(17-10)20-6-2/h19H,5-9H2,1-4H3,(H2,14,15,16,17,18). The number of aliphatic hydroxyl groups excluding tert-OH is 1. The normalized spacial score (nSPS) is 11.2. The van der Waals surface area contributed by atoms with Crippen LogP contribution in [0.25, 0.3) is 0 Å². The fourth-order valence-electron chi connectivity index (χ4n) is 1.32. The van der Waals surface area contributed by atoms with Gasteiger partial charge in [0.15, 0.2) is 0 Å². The Balaban J connectivity index is 2.79. The average molecular weight is 283 g/mol. The van der Waals surface area contributed by atoms with Crippen molar-refractivity contribution in [1.29, 1.82) is 0 Å². The molecule has 0 spiro atoms. The van der Waals surface area contributed by atoms with Crippen molar-refractivity contribution in [2.45, 2.75) is 34.1 Å². The molecule has 7 nitrogen and oxygen atoms in total. The summed E-state index contributed by atoms with van der Waals surface area (Å²) >= 11 is 0. The molecule has 0 aliphatic heterocycles. The van der Waals surface area contributed by atoms with E-state index in [4.69, 9.17) is 4.74 Å². The van der Waals surface area contributed by atoms with Crippen LogP contribution in [-0.4, -0.2) is 46.4 Å². The van der Waals surface area contributed by atoms with Gasteiger partial charge in [0.2, 0.25) is 11.9 Å². The molecule has 0 aliphatic rings. The quantitative estimate of drug-likeness (QED) is 0.632. The highest BCUT2D eigenvalue weighted by atomic mass is 16.5. The topological polar surface area (TPSA) is 92.2 Å². The molecule has 0 radical (unpaired) electrons. The van der Waals surface area contributed by atoms with Gasteiger partial charge in [0.25, 0.3) is 0 Å². The Bertz CT molecular complexity index is 412. The van der Waals surface area contributed by atoms with Crippen LogP contribution in [0, 0.1) is 5.41 Å². The molecule has 1 rings (SSSR count). The largest absolute Gasteiger partial charge is 0.464 e. The van der Waals surface area contributed by atoms with E-state index in [1.807, 2.05) is 20.8 Å². The second kappa shape index (κ2) is 7.84. The van der Waals surface area contributed by atoms with E-state index in [1.165, 1.54) is 0 Å². The first-order chi connectivity index (χ1) is 9.50. The van der Waals surface area contributed by atoms with Gasteiger partial charge in [-0.1, -0.05) is 20.8 Å². The highest BCUT2D eigenvalue weighted by molar-refractivity contribution is 5.36. The van der Waals surface area contributed by atoms with Crippen LogP contribution < -0.4 is 15.4 Å². The number of aliphatic hydroxyl groups is 1. The molecule has 1 heterocycles. The number of rotatable bonds is 9. The summed E-state index contributed by atoms with van der Waals surface area (Å²) in [6.45, 7) is 9.81. The molecule has 0 aliphatic carbocycles. The fourth-order valence-corrected chi connectivity index (χ4v) is 1.32. The Morgan fingerprint density at radius 3 is 2.30 bits per heavy atom. The predicted octanol–water partition coefficient (Wildman–Crippen LogP) is 1.52. The summed E-state index contributed by atoms with van der Waals surface area (Å²) in [6, 6.07) is 0.297. The maximum Gasteiger partial charge on any atom is 0.323 e. The predicted molar refractivity (Wildman–Crippen MR) is 79.1 cm³/mol. The van der Waals surface area contributed by atoms with E-state index in [1.54, 1.807) is 0 Å². The van der Waals surface area contributed by atoms with Gasteiger partial charge < -0.3 is 20.5 Å². The first-order valence-electron chi connectivity index (χ1n) is 6.98. The van der Waals surface area contributed by atoms with Crippen molar-refractivity contribution in [3.8, 4) is 6.01 Å². The Morgan fingerprint density at radius 2 is 1.75 bits per heavy atom. The number of ether oxygens (including phenoxy) is 1. The van der Waals surface area contributed by atoms with Crippen molar-refractivity contribution in [3.05, 3.63) is 0 Å². The molecular formula is C13H25N5O2. The molecule has 1 aromatic heterocycles. The van der Waals surface area contributed by atoms with E-state index in [9.17, 15) is 5.11 Å². The van der Waals surface area contributed by atoms with Crippen LogP contribution in [0.2, 0.25) is 0 Å². The molecule has 0 unspecified atom stereocenters. The lowest BCUT2D eigenvalue weighted by Gasteiger charge is -2.21. The second-order valence-corrected chi connectivity index (χ2v) is 5.30. The van der Waals surface area contributed by atoms with Gasteiger partial charge in [-0.05, 0) is 13.3 Å². The number of anilines is 2. The Hall–Kier alpha value is -1.63. The molecule has 1 aromatic rings. The first kappa shape index (κ1) is 16.4. The van der Waals surface area contributed by atoms with Crippen molar-refractivity contribution >= 4 is 11.9 Å². The summed E-state index contributed by atoms with van der Waals surface area (Å²) in [6.07, 6.45) is 0.982. The molecule has 0 aromatic carbocycles. The van der Waals surface area contributed by atoms with Gasteiger partial charge in [0.05, 0.1) is 6.61 Å². The van der Waals surface area contributed by atoms with E-state index in [2.05, 4.69) is 32.5 Å². The number of hydrogen-bond donors (Lipinski definition) is 3. The minimum absolute atomic E-state index is 0.0876. The summed E-state index contributed by atoms with van der Waals surface area (Å²) < 4.78 is 5.33. The zero-order chi connectivity index (χ0) is 15.0. The maximum absolute atomic E-state index is 9.25. The SMILES string of the molecule is CCCNc1nc(NCC(C)(C)CO)nc(OCC)n1. The van der Waals surface area contributed by atoms with E-state index >= 15 is 0 Å². The molecule has 7 heteroatoms. The van der Waals surface area contributed by atoms with E-state index < -0.39 is 0 Å². The van der Waals surface area contributed by atoms with E-state index in [0.29, 0.717) is 31.1 Å². The summed E-state index contributed by atoms with van der Waals surface area (Å²) in [5.41, 5.74) is -0.241. The third-order valence-electron chi connectivity index (χ3n) is 2.57. The number of nitrogens with zero attached hydrogens (tertiary/aromatic N) is 3. The number of nitrogens with one attached hydrogen (secondary N) is 2. The highest BCUT2D eigenvalue weighted by Gasteiger charge is 2.17. The van der Waals surface area contributed by atoms with Crippen molar-refractivity contribution in [3.63, 3.8) is 0 Å². The third-order valence-corrected chi connectivity index (χ3v) is 2.57. The smallest absolute Gasteiger partial charge is 0.323 e. The van der Waals surface area contributed by atoms with Crippen LogP contribution in [0.5, 0.6) is 6.01 Å².